The zero-order valence-electron chi connectivity index (χ0n) is 13.2. The first-order chi connectivity index (χ1) is 9.67. The van der Waals surface area contributed by atoms with E-state index < -0.39 is 0 Å². The van der Waals surface area contributed by atoms with Crippen LogP contribution >= 0.6 is 0 Å². The fraction of sp³-hybridized carbons (Fsp3) is 1.00. The molecule has 0 bridgehead atoms. The first-order valence-electron chi connectivity index (χ1n) is 8.40. The molecule has 2 unspecified atom stereocenters. The summed E-state index contributed by atoms with van der Waals surface area (Å²) >= 11 is 0. The number of rotatable bonds is 8. The van der Waals surface area contributed by atoms with E-state index in [0.717, 1.165) is 51.9 Å². The van der Waals surface area contributed by atoms with Gasteiger partial charge < -0.3 is 20.1 Å². The number of aliphatic hydroxyl groups is 1. The molecule has 2 N–H and O–H groups in total. The second kappa shape index (κ2) is 7.74. The summed E-state index contributed by atoms with van der Waals surface area (Å²) in [6, 6.07) is 0.661. The summed E-state index contributed by atoms with van der Waals surface area (Å²) in [7, 11) is 0. The molecule has 0 amide bonds. The largest absolute Gasteiger partial charge is 0.394 e. The van der Waals surface area contributed by atoms with Crippen molar-refractivity contribution in [3.8, 4) is 0 Å². The van der Waals surface area contributed by atoms with Crippen LogP contribution in [0, 0.1) is 0 Å². The van der Waals surface area contributed by atoms with E-state index in [-0.39, 0.29) is 12.1 Å². The molecule has 2 atom stereocenters. The van der Waals surface area contributed by atoms with Crippen LogP contribution in [0.4, 0.5) is 0 Å². The summed E-state index contributed by atoms with van der Waals surface area (Å²) in [4.78, 5) is 2.52. The maximum atomic E-state index is 9.78. The lowest BCUT2D eigenvalue weighted by Gasteiger charge is -2.33. The predicted molar refractivity (Wildman–Crippen MR) is 82.0 cm³/mol. The van der Waals surface area contributed by atoms with E-state index in [4.69, 9.17) is 4.74 Å². The van der Waals surface area contributed by atoms with Crippen molar-refractivity contribution in [3.05, 3.63) is 0 Å². The van der Waals surface area contributed by atoms with Crippen molar-refractivity contribution in [2.24, 2.45) is 0 Å². The lowest BCUT2D eigenvalue weighted by atomic mass is 9.91. The van der Waals surface area contributed by atoms with Crippen molar-refractivity contribution in [2.45, 2.75) is 70.1 Å². The summed E-state index contributed by atoms with van der Waals surface area (Å²) in [6.07, 6.45) is 7.30. The Morgan fingerprint density at radius 3 is 2.85 bits per heavy atom. The van der Waals surface area contributed by atoms with Gasteiger partial charge in [-0.05, 0) is 52.0 Å². The van der Waals surface area contributed by atoms with Gasteiger partial charge in [0.2, 0.25) is 0 Å². The SMILES string of the molecule is CCC(CO)(CCCN1CCCOC(C)C1)NC1CC1. The lowest BCUT2D eigenvalue weighted by Crippen LogP contribution is -2.49. The highest BCUT2D eigenvalue weighted by molar-refractivity contribution is 4.94. The molecular formula is C16H32N2O2. The Hall–Kier alpha value is -0.160. The molecule has 0 aromatic carbocycles. The Balaban J connectivity index is 1.74. The van der Waals surface area contributed by atoms with Crippen LogP contribution in [0.2, 0.25) is 0 Å². The summed E-state index contributed by atoms with van der Waals surface area (Å²) in [5, 5.41) is 13.5. The second-order valence-electron chi connectivity index (χ2n) is 6.65. The molecule has 1 saturated heterocycles. The van der Waals surface area contributed by atoms with Gasteiger partial charge in [0.1, 0.15) is 0 Å². The molecule has 1 aliphatic heterocycles. The zero-order valence-corrected chi connectivity index (χ0v) is 13.2. The number of aliphatic hydroxyl groups excluding tert-OH is 1. The molecule has 0 radical (unpaired) electrons. The normalized spacial score (nSPS) is 28.1. The minimum absolute atomic E-state index is 0.0465. The topological polar surface area (TPSA) is 44.7 Å². The third kappa shape index (κ3) is 4.99. The van der Waals surface area contributed by atoms with Crippen molar-refractivity contribution in [2.75, 3.05) is 32.8 Å². The Morgan fingerprint density at radius 2 is 2.20 bits per heavy atom. The Morgan fingerprint density at radius 1 is 1.40 bits per heavy atom. The van der Waals surface area contributed by atoms with E-state index in [1.54, 1.807) is 0 Å². The van der Waals surface area contributed by atoms with Crippen LogP contribution in [-0.4, -0.2) is 60.5 Å². The number of ether oxygens (including phenoxy) is 1. The van der Waals surface area contributed by atoms with Crippen LogP contribution in [0.15, 0.2) is 0 Å². The molecule has 1 saturated carbocycles. The molecule has 118 valence electrons. The van der Waals surface area contributed by atoms with Gasteiger partial charge >= 0.3 is 0 Å². The standard InChI is InChI=1S/C16H32N2O2/c1-3-16(13-19,17-15-6-7-15)8-4-9-18-10-5-11-20-14(2)12-18/h14-15,17,19H,3-13H2,1-2H3. The summed E-state index contributed by atoms with van der Waals surface area (Å²) < 4.78 is 5.69. The van der Waals surface area contributed by atoms with Crippen molar-refractivity contribution in [1.82, 2.24) is 10.2 Å². The van der Waals surface area contributed by atoms with E-state index in [2.05, 4.69) is 24.1 Å². The van der Waals surface area contributed by atoms with Crippen LogP contribution in [0.1, 0.15) is 52.4 Å². The molecule has 4 heteroatoms. The van der Waals surface area contributed by atoms with Crippen LogP contribution in [-0.2, 0) is 4.74 Å². The summed E-state index contributed by atoms with van der Waals surface area (Å²) in [5.41, 5.74) is -0.0465. The average molecular weight is 284 g/mol. The highest BCUT2D eigenvalue weighted by Crippen LogP contribution is 2.27. The van der Waals surface area contributed by atoms with E-state index in [1.807, 2.05) is 0 Å². The molecule has 1 aliphatic carbocycles. The second-order valence-corrected chi connectivity index (χ2v) is 6.65. The van der Waals surface area contributed by atoms with Gasteiger partial charge in [0.05, 0.1) is 12.7 Å². The van der Waals surface area contributed by atoms with E-state index in [9.17, 15) is 5.11 Å². The molecule has 0 spiro atoms. The first kappa shape index (κ1) is 16.2. The molecule has 0 aromatic rings. The molecule has 2 fully saturated rings. The van der Waals surface area contributed by atoms with Gasteiger partial charge in [-0.1, -0.05) is 6.92 Å². The van der Waals surface area contributed by atoms with Gasteiger partial charge in [0.25, 0.3) is 0 Å². The predicted octanol–water partition coefficient (Wildman–Crippen LogP) is 1.77. The highest BCUT2D eigenvalue weighted by Gasteiger charge is 2.34. The van der Waals surface area contributed by atoms with Gasteiger partial charge in [0.15, 0.2) is 0 Å². The number of nitrogens with zero attached hydrogens (tertiary/aromatic N) is 1. The zero-order chi connectivity index (χ0) is 14.4. The summed E-state index contributed by atoms with van der Waals surface area (Å²) in [6.45, 7) is 8.84. The van der Waals surface area contributed by atoms with Crippen LogP contribution in [0.3, 0.4) is 0 Å². The Kier molecular flexibility index (Phi) is 6.27. The average Bonchev–Trinajstić information content (AvgIpc) is 3.26. The van der Waals surface area contributed by atoms with Gasteiger partial charge in [-0.3, -0.25) is 0 Å². The smallest absolute Gasteiger partial charge is 0.0673 e. The molecule has 20 heavy (non-hydrogen) atoms. The minimum Gasteiger partial charge on any atom is -0.394 e. The fourth-order valence-electron chi connectivity index (χ4n) is 3.17. The van der Waals surface area contributed by atoms with Crippen molar-refractivity contribution in [3.63, 3.8) is 0 Å². The third-order valence-corrected chi connectivity index (χ3v) is 4.73. The quantitative estimate of drug-likeness (QED) is 0.713. The maximum absolute atomic E-state index is 9.78. The van der Waals surface area contributed by atoms with Crippen molar-refractivity contribution in [1.29, 1.82) is 0 Å². The van der Waals surface area contributed by atoms with Gasteiger partial charge in [-0.15, -0.1) is 0 Å². The first-order valence-corrected chi connectivity index (χ1v) is 8.40. The van der Waals surface area contributed by atoms with Gasteiger partial charge in [-0.25, -0.2) is 0 Å². The van der Waals surface area contributed by atoms with Crippen LogP contribution < -0.4 is 5.32 Å². The van der Waals surface area contributed by atoms with Crippen LogP contribution in [0.25, 0.3) is 0 Å². The third-order valence-electron chi connectivity index (χ3n) is 4.73. The fourth-order valence-corrected chi connectivity index (χ4v) is 3.17. The molecule has 2 aliphatic rings. The summed E-state index contributed by atoms with van der Waals surface area (Å²) in [5.74, 6) is 0. The molecular weight excluding hydrogens is 252 g/mol. The molecule has 1 heterocycles. The van der Waals surface area contributed by atoms with Crippen molar-refractivity contribution < 1.29 is 9.84 Å². The Labute approximate surface area is 123 Å². The van der Waals surface area contributed by atoms with E-state index in [1.165, 1.54) is 12.8 Å². The van der Waals surface area contributed by atoms with Gasteiger partial charge in [-0.2, -0.15) is 0 Å². The maximum Gasteiger partial charge on any atom is 0.0673 e. The highest BCUT2D eigenvalue weighted by atomic mass is 16.5. The molecule has 2 rings (SSSR count). The monoisotopic (exact) mass is 284 g/mol. The van der Waals surface area contributed by atoms with E-state index in [0.29, 0.717) is 12.1 Å². The van der Waals surface area contributed by atoms with Gasteiger partial charge in [0, 0.05) is 31.3 Å². The Bertz CT molecular complexity index is 278. The lowest BCUT2D eigenvalue weighted by molar-refractivity contribution is 0.0666. The number of nitrogens with one attached hydrogen (secondary N) is 1. The van der Waals surface area contributed by atoms with Crippen molar-refractivity contribution >= 4 is 0 Å². The minimum atomic E-state index is -0.0465. The van der Waals surface area contributed by atoms with Crippen LogP contribution in [0.5, 0.6) is 0 Å². The molecule has 4 nitrogen and oxygen atoms in total. The number of hydrogen-bond donors (Lipinski definition) is 2. The van der Waals surface area contributed by atoms with E-state index >= 15 is 0 Å². The molecule has 0 aromatic heterocycles. The number of hydrogen-bond acceptors (Lipinski definition) is 4.